The molecule has 3 aromatic rings. The topological polar surface area (TPSA) is 61.2 Å². The monoisotopic (exact) mass is 402 g/mol. The standard InChI is InChI=1S/C25H26N2O3/c1-16-8-9-17(2)22(14-16)23-20-6-4-5-7-21(20)24(28)27(26-23)15-18-10-12-19(13-11-18)25(29)30-3/h8-14H,4-7,15H2,1-3H3. The van der Waals surface area contributed by atoms with E-state index in [0.29, 0.717) is 12.1 Å². The van der Waals surface area contributed by atoms with Gasteiger partial charge in [0.2, 0.25) is 0 Å². The first-order chi connectivity index (χ1) is 14.5. The van der Waals surface area contributed by atoms with E-state index >= 15 is 0 Å². The summed E-state index contributed by atoms with van der Waals surface area (Å²) in [6.07, 6.45) is 3.82. The van der Waals surface area contributed by atoms with Crippen molar-refractivity contribution in [1.82, 2.24) is 9.78 Å². The Morgan fingerprint density at radius 3 is 2.43 bits per heavy atom. The first kappa shape index (κ1) is 20.1. The van der Waals surface area contributed by atoms with E-state index in [1.165, 1.54) is 12.7 Å². The number of hydrogen-bond donors (Lipinski definition) is 0. The molecule has 0 atom stereocenters. The number of methoxy groups -OCH3 is 1. The zero-order valence-corrected chi connectivity index (χ0v) is 17.7. The van der Waals surface area contributed by atoms with Gasteiger partial charge < -0.3 is 4.74 Å². The van der Waals surface area contributed by atoms with Crippen LogP contribution in [0.1, 0.15) is 51.0 Å². The summed E-state index contributed by atoms with van der Waals surface area (Å²) >= 11 is 0. The van der Waals surface area contributed by atoms with Gasteiger partial charge in [-0.3, -0.25) is 4.79 Å². The van der Waals surface area contributed by atoms with Crippen molar-refractivity contribution in [3.05, 3.63) is 86.2 Å². The van der Waals surface area contributed by atoms with Crippen LogP contribution in [-0.4, -0.2) is 22.9 Å². The molecule has 0 N–H and O–H groups in total. The lowest BCUT2D eigenvalue weighted by atomic mass is 9.88. The Morgan fingerprint density at radius 1 is 1.03 bits per heavy atom. The quantitative estimate of drug-likeness (QED) is 0.613. The SMILES string of the molecule is COC(=O)c1ccc(Cn2nc(-c3cc(C)ccc3C)c3c(c2=O)CCCC3)cc1. The Bertz CT molecular complexity index is 1160. The van der Waals surface area contributed by atoms with Crippen molar-refractivity contribution < 1.29 is 9.53 Å². The average molecular weight is 402 g/mol. The van der Waals surface area contributed by atoms with Crippen LogP contribution in [0.2, 0.25) is 0 Å². The second-order valence-corrected chi connectivity index (χ2v) is 7.98. The Labute approximate surface area is 176 Å². The minimum Gasteiger partial charge on any atom is -0.465 e. The number of aromatic nitrogens is 2. The number of rotatable bonds is 4. The molecular formula is C25H26N2O3. The third-order valence-corrected chi connectivity index (χ3v) is 5.82. The third kappa shape index (κ3) is 3.80. The number of carbonyl (C=O) groups excluding carboxylic acids is 1. The summed E-state index contributed by atoms with van der Waals surface area (Å²) < 4.78 is 6.33. The second kappa shape index (κ2) is 8.27. The Kier molecular flexibility index (Phi) is 5.53. The molecule has 0 radical (unpaired) electrons. The lowest BCUT2D eigenvalue weighted by Crippen LogP contribution is -2.31. The Morgan fingerprint density at radius 2 is 1.73 bits per heavy atom. The van der Waals surface area contributed by atoms with E-state index in [9.17, 15) is 9.59 Å². The highest BCUT2D eigenvalue weighted by Crippen LogP contribution is 2.30. The van der Waals surface area contributed by atoms with Crippen LogP contribution in [0.3, 0.4) is 0 Å². The number of fused-ring (bicyclic) bond motifs is 1. The molecular weight excluding hydrogens is 376 g/mol. The number of esters is 1. The van der Waals surface area contributed by atoms with Gasteiger partial charge >= 0.3 is 5.97 Å². The summed E-state index contributed by atoms with van der Waals surface area (Å²) in [7, 11) is 1.36. The van der Waals surface area contributed by atoms with Crippen LogP contribution in [0.5, 0.6) is 0 Å². The molecule has 0 saturated heterocycles. The molecule has 5 heteroatoms. The van der Waals surface area contributed by atoms with E-state index in [0.717, 1.165) is 59.2 Å². The van der Waals surface area contributed by atoms with Crippen LogP contribution < -0.4 is 5.56 Å². The number of aryl methyl sites for hydroxylation is 2. The molecule has 1 heterocycles. The normalized spacial score (nSPS) is 13.0. The van der Waals surface area contributed by atoms with Gasteiger partial charge in [0.15, 0.2) is 0 Å². The highest BCUT2D eigenvalue weighted by atomic mass is 16.5. The first-order valence-corrected chi connectivity index (χ1v) is 10.4. The maximum absolute atomic E-state index is 13.2. The summed E-state index contributed by atoms with van der Waals surface area (Å²) in [5.74, 6) is -0.372. The van der Waals surface area contributed by atoms with Gasteiger partial charge in [-0.1, -0.05) is 29.8 Å². The van der Waals surface area contributed by atoms with E-state index in [4.69, 9.17) is 9.84 Å². The molecule has 5 nitrogen and oxygen atoms in total. The van der Waals surface area contributed by atoms with Gasteiger partial charge in [-0.2, -0.15) is 5.10 Å². The Hall–Kier alpha value is -3.21. The number of carbonyl (C=O) groups is 1. The Balaban J connectivity index is 1.80. The molecule has 0 spiro atoms. The van der Waals surface area contributed by atoms with Gasteiger partial charge in [0.25, 0.3) is 5.56 Å². The van der Waals surface area contributed by atoms with Crippen LogP contribution in [0.4, 0.5) is 0 Å². The highest BCUT2D eigenvalue weighted by molar-refractivity contribution is 5.89. The fraction of sp³-hybridized carbons (Fsp3) is 0.320. The second-order valence-electron chi connectivity index (χ2n) is 7.98. The van der Waals surface area contributed by atoms with Crippen molar-refractivity contribution in [3.8, 4) is 11.3 Å². The van der Waals surface area contributed by atoms with E-state index in [2.05, 4.69) is 32.0 Å². The summed E-state index contributed by atoms with van der Waals surface area (Å²) in [4.78, 5) is 24.9. The van der Waals surface area contributed by atoms with E-state index < -0.39 is 0 Å². The minimum atomic E-state index is -0.372. The third-order valence-electron chi connectivity index (χ3n) is 5.82. The molecule has 0 saturated carbocycles. The van der Waals surface area contributed by atoms with Crippen LogP contribution >= 0.6 is 0 Å². The van der Waals surface area contributed by atoms with Gasteiger partial charge in [0, 0.05) is 11.1 Å². The molecule has 30 heavy (non-hydrogen) atoms. The summed E-state index contributed by atoms with van der Waals surface area (Å²) in [5, 5.41) is 4.84. The zero-order chi connectivity index (χ0) is 21.3. The summed E-state index contributed by atoms with van der Waals surface area (Å²) in [6.45, 7) is 4.53. The molecule has 2 aromatic carbocycles. The van der Waals surface area contributed by atoms with Crippen LogP contribution in [0, 0.1) is 13.8 Å². The van der Waals surface area contributed by atoms with E-state index in [1.54, 1.807) is 16.8 Å². The van der Waals surface area contributed by atoms with E-state index in [-0.39, 0.29) is 11.5 Å². The molecule has 1 aliphatic carbocycles. The molecule has 0 amide bonds. The van der Waals surface area contributed by atoms with Gasteiger partial charge in [-0.15, -0.1) is 0 Å². The van der Waals surface area contributed by atoms with Crippen molar-refractivity contribution in [2.24, 2.45) is 0 Å². The van der Waals surface area contributed by atoms with Gasteiger partial charge in [0.1, 0.15) is 0 Å². The van der Waals surface area contributed by atoms with Crippen molar-refractivity contribution in [2.45, 2.75) is 46.1 Å². The smallest absolute Gasteiger partial charge is 0.337 e. The molecule has 1 aliphatic rings. The number of hydrogen-bond acceptors (Lipinski definition) is 4. The van der Waals surface area contributed by atoms with Crippen molar-refractivity contribution >= 4 is 5.97 Å². The highest BCUT2D eigenvalue weighted by Gasteiger charge is 2.22. The molecule has 1 aromatic heterocycles. The maximum atomic E-state index is 13.2. The number of nitrogens with zero attached hydrogens (tertiary/aromatic N) is 2. The average Bonchev–Trinajstić information content (AvgIpc) is 2.77. The maximum Gasteiger partial charge on any atom is 0.337 e. The predicted octanol–water partition coefficient (Wildman–Crippen LogP) is 4.24. The zero-order valence-electron chi connectivity index (χ0n) is 17.7. The molecule has 0 unspecified atom stereocenters. The van der Waals surface area contributed by atoms with Crippen molar-refractivity contribution in [1.29, 1.82) is 0 Å². The van der Waals surface area contributed by atoms with Crippen LogP contribution in [-0.2, 0) is 24.1 Å². The fourth-order valence-corrected chi connectivity index (χ4v) is 4.14. The number of benzene rings is 2. The molecule has 154 valence electrons. The lowest BCUT2D eigenvalue weighted by Gasteiger charge is -2.21. The van der Waals surface area contributed by atoms with E-state index in [1.807, 2.05) is 12.1 Å². The summed E-state index contributed by atoms with van der Waals surface area (Å²) in [6, 6.07) is 13.5. The lowest BCUT2D eigenvalue weighted by molar-refractivity contribution is 0.0600. The van der Waals surface area contributed by atoms with Gasteiger partial charge in [0.05, 0.1) is 24.9 Å². The fourth-order valence-electron chi connectivity index (χ4n) is 4.14. The van der Waals surface area contributed by atoms with Crippen LogP contribution in [0.15, 0.2) is 47.3 Å². The van der Waals surface area contributed by atoms with Crippen molar-refractivity contribution in [2.75, 3.05) is 7.11 Å². The predicted molar refractivity (Wildman–Crippen MR) is 117 cm³/mol. The molecule has 0 bridgehead atoms. The van der Waals surface area contributed by atoms with Gasteiger partial charge in [-0.25, -0.2) is 9.48 Å². The summed E-state index contributed by atoms with van der Waals surface area (Å²) in [5.41, 5.74) is 7.78. The van der Waals surface area contributed by atoms with Gasteiger partial charge in [-0.05, 0) is 74.4 Å². The molecule has 0 fully saturated rings. The van der Waals surface area contributed by atoms with Crippen molar-refractivity contribution in [3.63, 3.8) is 0 Å². The minimum absolute atomic E-state index is 0.00389. The number of ether oxygens (including phenoxy) is 1. The largest absolute Gasteiger partial charge is 0.465 e. The molecule has 0 aliphatic heterocycles. The van der Waals surface area contributed by atoms with Crippen LogP contribution in [0.25, 0.3) is 11.3 Å². The first-order valence-electron chi connectivity index (χ1n) is 10.4. The molecule has 4 rings (SSSR count).